The molecule has 0 aromatic heterocycles. The van der Waals surface area contributed by atoms with Gasteiger partial charge in [0.05, 0.1) is 0 Å². The van der Waals surface area contributed by atoms with E-state index >= 15 is 0 Å². The van der Waals surface area contributed by atoms with Gasteiger partial charge in [0.25, 0.3) is 5.91 Å². The van der Waals surface area contributed by atoms with Crippen LogP contribution in [0.5, 0.6) is 0 Å². The lowest BCUT2D eigenvalue weighted by atomic mass is 10.2. The first-order valence-corrected chi connectivity index (χ1v) is 7.25. The maximum Gasteiger partial charge on any atom is 0.263 e. The van der Waals surface area contributed by atoms with Gasteiger partial charge in [-0.2, -0.15) is 5.26 Å². The summed E-state index contributed by atoms with van der Waals surface area (Å²) in [4.78, 5) is 14.1. The van der Waals surface area contributed by atoms with Crippen molar-refractivity contribution < 1.29 is 4.79 Å². The van der Waals surface area contributed by atoms with E-state index in [-0.39, 0.29) is 17.5 Å². The van der Waals surface area contributed by atoms with Gasteiger partial charge >= 0.3 is 0 Å². The zero-order valence-corrected chi connectivity index (χ0v) is 12.4. The number of carbonyl (C=O) groups excluding carboxylic acids is 1. The molecule has 1 rings (SSSR count). The van der Waals surface area contributed by atoms with Crippen molar-refractivity contribution in [1.29, 1.82) is 5.26 Å². The van der Waals surface area contributed by atoms with Crippen LogP contribution >= 0.6 is 0 Å². The molecule has 0 bridgehead atoms. The second kappa shape index (κ2) is 9.34. The summed E-state index contributed by atoms with van der Waals surface area (Å²) in [5, 5.41) is 18.1. The first-order chi connectivity index (χ1) is 9.67. The maximum atomic E-state index is 11.8. The predicted octanol–water partition coefficient (Wildman–Crippen LogP) is -0.197. The number of nitrogens with one attached hydrogen (secondary N) is 3. The molecule has 1 saturated heterocycles. The van der Waals surface area contributed by atoms with E-state index in [1.165, 1.54) is 6.20 Å². The molecule has 1 amide bonds. The molecule has 1 unspecified atom stereocenters. The van der Waals surface area contributed by atoms with E-state index in [2.05, 4.69) is 20.9 Å². The van der Waals surface area contributed by atoms with Gasteiger partial charge in [-0.15, -0.1) is 0 Å². The summed E-state index contributed by atoms with van der Waals surface area (Å²) in [7, 11) is 0. The second-order valence-corrected chi connectivity index (χ2v) is 4.99. The molecule has 20 heavy (non-hydrogen) atoms. The molecule has 112 valence electrons. The van der Waals surface area contributed by atoms with Crippen LogP contribution in [0.15, 0.2) is 11.8 Å². The topological polar surface area (TPSA) is 80.2 Å². The van der Waals surface area contributed by atoms with E-state index in [1.807, 2.05) is 19.9 Å². The van der Waals surface area contributed by atoms with Crippen LogP contribution in [-0.4, -0.2) is 56.1 Å². The number of rotatable bonds is 7. The zero-order chi connectivity index (χ0) is 14.8. The Kier molecular flexibility index (Phi) is 7.70. The van der Waals surface area contributed by atoms with Crippen molar-refractivity contribution in [3.8, 4) is 6.07 Å². The largest absolute Gasteiger partial charge is 0.387 e. The average Bonchev–Trinajstić information content (AvgIpc) is 2.48. The normalized spacial score (nSPS) is 18.1. The van der Waals surface area contributed by atoms with Crippen molar-refractivity contribution >= 4 is 5.91 Å². The number of nitriles is 1. The maximum absolute atomic E-state index is 11.8. The van der Waals surface area contributed by atoms with Gasteiger partial charge in [0, 0.05) is 51.5 Å². The molecule has 0 aromatic carbocycles. The Hall–Kier alpha value is -1.58. The molecule has 0 aliphatic carbocycles. The van der Waals surface area contributed by atoms with Crippen molar-refractivity contribution in [3.63, 3.8) is 0 Å². The fourth-order valence-electron chi connectivity index (χ4n) is 1.85. The van der Waals surface area contributed by atoms with Crippen LogP contribution in [0.3, 0.4) is 0 Å². The molecular formula is C14H25N5O. The fraction of sp³-hybridized carbons (Fsp3) is 0.714. The van der Waals surface area contributed by atoms with Crippen LogP contribution in [0.4, 0.5) is 0 Å². The van der Waals surface area contributed by atoms with E-state index in [0.29, 0.717) is 6.54 Å². The molecule has 1 atom stereocenters. The Morgan fingerprint density at radius 3 is 2.80 bits per heavy atom. The summed E-state index contributed by atoms with van der Waals surface area (Å²) < 4.78 is 0. The molecule has 1 heterocycles. The molecule has 3 N–H and O–H groups in total. The molecule has 0 spiro atoms. The third kappa shape index (κ3) is 6.04. The van der Waals surface area contributed by atoms with Gasteiger partial charge in [-0.1, -0.05) is 6.92 Å². The summed E-state index contributed by atoms with van der Waals surface area (Å²) in [5.41, 5.74) is 0.130. The van der Waals surface area contributed by atoms with Crippen LogP contribution in [0.25, 0.3) is 0 Å². The van der Waals surface area contributed by atoms with Crippen molar-refractivity contribution in [2.75, 3.05) is 39.3 Å². The number of amides is 1. The average molecular weight is 279 g/mol. The Morgan fingerprint density at radius 1 is 1.50 bits per heavy atom. The Balaban J connectivity index is 2.30. The molecular weight excluding hydrogens is 254 g/mol. The third-order valence-corrected chi connectivity index (χ3v) is 3.41. The van der Waals surface area contributed by atoms with Crippen LogP contribution in [-0.2, 0) is 4.79 Å². The van der Waals surface area contributed by atoms with Gasteiger partial charge in [-0.05, 0) is 13.3 Å². The summed E-state index contributed by atoms with van der Waals surface area (Å²) in [6.07, 6.45) is 2.45. The molecule has 1 aliphatic heterocycles. The minimum absolute atomic E-state index is 0.130. The van der Waals surface area contributed by atoms with Gasteiger partial charge in [0.15, 0.2) is 0 Å². The van der Waals surface area contributed by atoms with E-state index in [0.717, 1.165) is 39.1 Å². The van der Waals surface area contributed by atoms with E-state index in [1.54, 1.807) is 0 Å². The van der Waals surface area contributed by atoms with Crippen molar-refractivity contribution in [2.45, 2.75) is 26.3 Å². The number of piperazine rings is 1. The SMILES string of the molecule is CCC(C)N/C=C(/C#N)C(=O)NCCN1CCNCC1. The van der Waals surface area contributed by atoms with Gasteiger partial charge in [0.2, 0.25) is 0 Å². The summed E-state index contributed by atoms with van der Waals surface area (Å²) >= 11 is 0. The molecule has 0 radical (unpaired) electrons. The quantitative estimate of drug-likeness (QED) is 0.444. The third-order valence-electron chi connectivity index (χ3n) is 3.41. The Morgan fingerprint density at radius 2 is 2.20 bits per heavy atom. The van der Waals surface area contributed by atoms with E-state index in [4.69, 9.17) is 5.26 Å². The van der Waals surface area contributed by atoms with Crippen molar-refractivity contribution in [3.05, 3.63) is 11.8 Å². The van der Waals surface area contributed by atoms with E-state index < -0.39 is 0 Å². The lowest BCUT2D eigenvalue weighted by molar-refractivity contribution is -0.117. The highest BCUT2D eigenvalue weighted by atomic mass is 16.1. The van der Waals surface area contributed by atoms with Gasteiger partial charge in [0.1, 0.15) is 11.6 Å². The number of nitrogens with zero attached hydrogens (tertiary/aromatic N) is 2. The van der Waals surface area contributed by atoms with E-state index in [9.17, 15) is 4.79 Å². The summed E-state index contributed by atoms with van der Waals surface area (Å²) in [6, 6.07) is 2.19. The van der Waals surface area contributed by atoms with Crippen molar-refractivity contribution in [1.82, 2.24) is 20.9 Å². The lowest BCUT2D eigenvalue weighted by Gasteiger charge is -2.27. The highest BCUT2D eigenvalue weighted by molar-refractivity contribution is 5.97. The first-order valence-electron chi connectivity index (χ1n) is 7.25. The van der Waals surface area contributed by atoms with Crippen LogP contribution < -0.4 is 16.0 Å². The van der Waals surface area contributed by atoms with Gasteiger partial charge < -0.3 is 16.0 Å². The smallest absolute Gasteiger partial charge is 0.263 e. The predicted molar refractivity (Wildman–Crippen MR) is 78.9 cm³/mol. The summed E-state index contributed by atoms with van der Waals surface area (Å²) in [5.74, 6) is -0.307. The number of hydrogen-bond acceptors (Lipinski definition) is 5. The molecule has 0 saturated carbocycles. The van der Waals surface area contributed by atoms with Gasteiger partial charge in [-0.25, -0.2) is 0 Å². The van der Waals surface area contributed by atoms with Crippen LogP contribution in [0.2, 0.25) is 0 Å². The second-order valence-electron chi connectivity index (χ2n) is 4.99. The van der Waals surface area contributed by atoms with Crippen molar-refractivity contribution in [2.24, 2.45) is 0 Å². The molecule has 1 fully saturated rings. The lowest BCUT2D eigenvalue weighted by Crippen LogP contribution is -2.46. The Labute approximate surface area is 121 Å². The molecule has 0 aromatic rings. The minimum atomic E-state index is -0.307. The number of hydrogen-bond donors (Lipinski definition) is 3. The highest BCUT2D eigenvalue weighted by Gasteiger charge is 2.11. The van der Waals surface area contributed by atoms with Gasteiger partial charge in [-0.3, -0.25) is 9.69 Å². The molecule has 6 heteroatoms. The van der Waals surface area contributed by atoms with Crippen LogP contribution in [0, 0.1) is 11.3 Å². The molecule has 6 nitrogen and oxygen atoms in total. The fourth-order valence-corrected chi connectivity index (χ4v) is 1.85. The summed E-state index contributed by atoms with van der Waals surface area (Å²) in [6.45, 7) is 9.45. The highest BCUT2D eigenvalue weighted by Crippen LogP contribution is 1.95. The monoisotopic (exact) mass is 279 g/mol. The first kappa shape index (κ1) is 16.5. The number of carbonyl (C=O) groups is 1. The Bertz CT molecular complexity index is 368. The zero-order valence-electron chi connectivity index (χ0n) is 12.4. The minimum Gasteiger partial charge on any atom is -0.387 e. The van der Waals surface area contributed by atoms with Crippen LogP contribution in [0.1, 0.15) is 20.3 Å². The molecule has 1 aliphatic rings. The standard InChI is InChI=1S/C14H25N5O/c1-3-12(2)18-11-13(10-15)14(20)17-6-9-19-7-4-16-5-8-19/h11-12,16,18H,3-9H2,1-2H3,(H,17,20)/b13-11-.